The number of pyridine rings is 1. The van der Waals surface area contributed by atoms with Crippen LogP contribution in [0.4, 0.5) is 0 Å². The van der Waals surface area contributed by atoms with Crippen molar-refractivity contribution in [2.45, 2.75) is 13.0 Å². The van der Waals surface area contributed by atoms with E-state index in [2.05, 4.69) is 31.1 Å². The van der Waals surface area contributed by atoms with Gasteiger partial charge in [0.2, 0.25) is 11.7 Å². The first kappa shape index (κ1) is 10.3. The summed E-state index contributed by atoms with van der Waals surface area (Å²) >= 11 is 3.36. The van der Waals surface area contributed by atoms with Gasteiger partial charge in [0.15, 0.2) is 0 Å². The van der Waals surface area contributed by atoms with Crippen molar-refractivity contribution in [2.24, 2.45) is 5.73 Å². The average molecular weight is 269 g/mol. The lowest BCUT2D eigenvalue weighted by molar-refractivity contribution is 0.362. The lowest BCUT2D eigenvalue weighted by Crippen LogP contribution is -2.04. The minimum absolute atomic E-state index is 0.270. The maximum absolute atomic E-state index is 5.61. The normalized spacial score (nSPS) is 12.7. The number of hydrogen-bond acceptors (Lipinski definition) is 5. The standard InChI is InChI=1S/C9H9BrN4O/c1-5(11)9-13-8(14-15-9)7-6(10)3-2-4-12-7/h2-5H,11H2,1H3/t5-/m1/s1. The molecule has 0 amide bonds. The van der Waals surface area contributed by atoms with Gasteiger partial charge in [0.05, 0.1) is 6.04 Å². The molecule has 0 saturated heterocycles. The predicted octanol–water partition coefficient (Wildman–Crippen LogP) is 1.91. The summed E-state index contributed by atoms with van der Waals surface area (Å²) in [6, 6.07) is 3.42. The van der Waals surface area contributed by atoms with Gasteiger partial charge in [0.25, 0.3) is 0 Å². The van der Waals surface area contributed by atoms with Crippen molar-refractivity contribution in [1.82, 2.24) is 15.1 Å². The van der Waals surface area contributed by atoms with Gasteiger partial charge in [-0.15, -0.1) is 0 Å². The zero-order valence-corrected chi connectivity index (χ0v) is 9.60. The van der Waals surface area contributed by atoms with Crippen molar-refractivity contribution in [2.75, 3.05) is 0 Å². The van der Waals surface area contributed by atoms with Gasteiger partial charge >= 0.3 is 0 Å². The third kappa shape index (κ3) is 2.05. The van der Waals surface area contributed by atoms with Crippen LogP contribution in [0.3, 0.4) is 0 Å². The molecule has 0 saturated carbocycles. The summed E-state index contributed by atoms with van der Waals surface area (Å²) in [5.41, 5.74) is 6.26. The summed E-state index contributed by atoms with van der Waals surface area (Å²) in [6.45, 7) is 1.78. The number of nitrogens with two attached hydrogens (primary N) is 1. The monoisotopic (exact) mass is 268 g/mol. The Hall–Kier alpha value is -1.27. The number of halogens is 1. The molecule has 0 aromatic carbocycles. The van der Waals surface area contributed by atoms with E-state index < -0.39 is 0 Å². The maximum Gasteiger partial charge on any atom is 0.243 e. The summed E-state index contributed by atoms with van der Waals surface area (Å²) in [5.74, 6) is 0.845. The SMILES string of the molecule is C[C@@H](N)c1nc(-c2ncccc2Br)no1. The van der Waals surface area contributed by atoms with Crippen molar-refractivity contribution in [3.8, 4) is 11.5 Å². The van der Waals surface area contributed by atoms with E-state index in [0.29, 0.717) is 17.4 Å². The van der Waals surface area contributed by atoms with Crippen LogP contribution in [0.25, 0.3) is 11.5 Å². The molecule has 5 nitrogen and oxygen atoms in total. The highest BCUT2D eigenvalue weighted by Gasteiger charge is 2.14. The quantitative estimate of drug-likeness (QED) is 0.901. The molecule has 0 aliphatic carbocycles. The fraction of sp³-hybridized carbons (Fsp3) is 0.222. The fourth-order valence-corrected chi connectivity index (χ4v) is 1.50. The van der Waals surface area contributed by atoms with Crippen LogP contribution in [0.2, 0.25) is 0 Å². The maximum atomic E-state index is 5.61. The van der Waals surface area contributed by atoms with Crippen LogP contribution in [0.5, 0.6) is 0 Å². The Kier molecular flexibility index (Phi) is 2.79. The van der Waals surface area contributed by atoms with Gasteiger partial charge in [-0.05, 0) is 35.0 Å². The van der Waals surface area contributed by atoms with Gasteiger partial charge in [-0.25, -0.2) is 0 Å². The summed E-state index contributed by atoms with van der Waals surface area (Å²) < 4.78 is 5.81. The zero-order chi connectivity index (χ0) is 10.8. The van der Waals surface area contributed by atoms with E-state index in [1.54, 1.807) is 13.1 Å². The molecule has 2 rings (SSSR count). The molecule has 2 aromatic rings. The van der Waals surface area contributed by atoms with Crippen molar-refractivity contribution >= 4 is 15.9 Å². The lowest BCUT2D eigenvalue weighted by atomic mass is 10.3. The van der Waals surface area contributed by atoms with E-state index in [1.165, 1.54) is 0 Å². The van der Waals surface area contributed by atoms with Crippen molar-refractivity contribution < 1.29 is 4.52 Å². The first-order chi connectivity index (χ1) is 7.18. The molecule has 2 N–H and O–H groups in total. The van der Waals surface area contributed by atoms with E-state index in [0.717, 1.165) is 4.47 Å². The van der Waals surface area contributed by atoms with Gasteiger partial charge in [-0.2, -0.15) is 4.98 Å². The molecule has 0 unspecified atom stereocenters. The molecular formula is C9H9BrN4O. The molecule has 78 valence electrons. The number of aromatic nitrogens is 3. The van der Waals surface area contributed by atoms with Crippen LogP contribution >= 0.6 is 15.9 Å². The molecule has 0 radical (unpaired) electrons. The Morgan fingerprint density at radius 2 is 2.33 bits per heavy atom. The predicted molar refractivity (Wildman–Crippen MR) is 57.8 cm³/mol. The van der Waals surface area contributed by atoms with Crippen molar-refractivity contribution in [3.63, 3.8) is 0 Å². The second-order valence-electron chi connectivity index (χ2n) is 3.08. The number of hydrogen-bond donors (Lipinski definition) is 1. The minimum Gasteiger partial charge on any atom is -0.337 e. The van der Waals surface area contributed by atoms with E-state index in [-0.39, 0.29) is 6.04 Å². The Bertz CT molecular complexity index is 469. The molecule has 0 fully saturated rings. The Labute approximate surface area is 94.8 Å². The van der Waals surface area contributed by atoms with E-state index >= 15 is 0 Å². The van der Waals surface area contributed by atoms with Crippen LogP contribution in [-0.2, 0) is 0 Å². The van der Waals surface area contributed by atoms with Gasteiger partial charge in [-0.1, -0.05) is 5.16 Å². The number of rotatable bonds is 2. The third-order valence-electron chi connectivity index (χ3n) is 1.80. The molecule has 2 heterocycles. The summed E-state index contributed by atoms with van der Waals surface area (Å²) in [4.78, 5) is 8.29. The van der Waals surface area contributed by atoms with Crippen LogP contribution in [-0.4, -0.2) is 15.1 Å². The van der Waals surface area contributed by atoms with Crippen LogP contribution in [0.1, 0.15) is 18.9 Å². The highest BCUT2D eigenvalue weighted by Crippen LogP contribution is 2.23. The van der Waals surface area contributed by atoms with E-state index in [1.807, 2.05) is 12.1 Å². The Morgan fingerprint density at radius 3 is 2.93 bits per heavy atom. The molecule has 0 bridgehead atoms. The van der Waals surface area contributed by atoms with E-state index in [4.69, 9.17) is 10.3 Å². The number of nitrogens with zero attached hydrogens (tertiary/aromatic N) is 3. The van der Waals surface area contributed by atoms with Crippen LogP contribution in [0, 0.1) is 0 Å². The largest absolute Gasteiger partial charge is 0.337 e. The minimum atomic E-state index is -0.270. The van der Waals surface area contributed by atoms with Crippen molar-refractivity contribution in [3.05, 3.63) is 28.7 Å². The summed E-state index contributed by atoms with van der Waals surface area (Å²) in [7, 11) is 0. The average Bonchev–Trinajstić information content (AvgIpc) is 2.67. The highest BCUT2D eigenvalue weighted by molar-refractivity contribution is 9.10. The zero-order valence-electron chi connectivity index (χ0n) is 8.01. The Morgan fingerprint density at radius 1 is 1.53 bits per heavy atom. The Balaban J connectivity index is 2.42. The first-order valence-electron chi connectivity index (χ1n) is 4.38. The van der Waals surface area contributed by atoms with Gasteiger partial charge in [0.1, 0.15) is 5.69 Å². The van der Waals surface area contributed by atoms with Crippen LogP contribution in [0.15, 0.2) is 27.3 Å². The highest BCUT2D eigenvalue weighted by atomic mass is 79.9. The summed E-state index contributed by atoms with van der Waals surface area (Å²) in [6.07, 6.45) is 1.67. The summed E-state index contributed by atoms with van der Waals surface area (Å²) in [5, 5.41) is 3.81. The van der Waals surface area contributed by atoms with Crippen molar-refractivity contribution in [1.29, 1.82) is 0 Å². The van der Waals surface area contributed by atoms with Gasteiger partial charge in [0, 0.05) is 10.7 Å². The topological polar surface area (TPSA) is 77.8 Å². The van der Waals surface area contributed by atoms with Crippen LogP contribution < -0.4 is 5.73 Å². The second kappa shape index (κ2) is 4.08. The molecule has 6 heteroatoms. The molecule has 15 heavy (non-hydrogen) atoms. The molecule has 2 aromatic heterocycles. The molecule has 0 aliphatic rings. The van der Waals surface area contributed by atoms with Gasteiger partial charge in [-0.3, -0.25) is 4.98 Å². The molecule has 1 atom stereocenters. The van der Waals surface area contributed by atoms with Gasteiger partial charge < -0.3 is 10.3 Å². The molecular weight excluding hydrogens is 260 g/mol. The first-order valence-corrected chi connectivity index (χ1v) is 5.18. The second-order valence-corrected chi connectivity index (χ2v) is 3.93. The third-order valence-corrected chi connectivity index (χ3v) is 2.44. The lowest BCUT2D eigenvalue weighted by Gasteiger charge is -1.96. The molecule has 0 spiro atoms. The molecule has 0 aliphatic heterocycles. The van der Waals surface area contributed by atoms with E-state index in [9.17, 15) is 0 Å². The smallest absolute Gasteiger partial charge is 0.243 e. The fourth-order valence-electron chi connectivity index (χ4n) is 1.07.